The van der Waals surface area contributed by atoms with E-state index in [9.17, 15) is 38.1 Å². The molecule has 0 radical (unpaired) electrons. The summed E-state index contributed by atoms with van der Waals surface area (Å²) in [5, 5.41) is 30.4. The number of rotatable bonds is 5. The van der Waals surface area contributed by atoms with Crippen molar-refractivity contribution in [1.82, 2.24) is 0 Å². The first-order valence-corrected chi connectivity index (χ1v) is 8.30. The molecule has 0 aromatic heterocycles. The van der Waals surface area contributed by atoms with Crippen LogP contribution in [0.1, 0.15) is 25.5 Å². The van der Waals surface area contributed by atoms with E-state index >= 15 is 0 Å². The monoisotopic (exact) mass is 424 g/mol. The maximum absolute atomic E-state index is 12.7. The van der Waals surface area contributed by atoms with Gasteiger partial charge >= 0.3 is 18.3 Å². The third-order valence-electron chi connectivity index (χ3n) is 3.96. The van der Waals surface area contributed by atoms with Gasteiger partial charge in [0.15, 0.2) is 6.10 Å². The fourth-order valence-corrected chi connectivity index (χ4v) is 2.84. The maximum atomic E-state index is 12.7. The number of hydrogen-bond acceptors (Lipinski definition) is 9. The Bertz CT molecular complexity index is 752. The topological polar surface area (TPSA) is 132 Å². The van der Waals surface area contributed by atoms with Crippen molar-refractivity contribution < 1.29 is 57.0 Å². The number of esters is 2. The Morgan fingerprint density at radius 1 is 1.14 bits per heavy atom. The largest absolute Gasteiger partial charge is 0.573 e. The van der Waals surface area contributed by atoms with Crippen molar-refractivity contribution in [2.24, 2.45) is 0 Å². The highest BCUT2D eigenvalue weighted by Gasteiger charge is 2.48. The van der Waals surface area contributed by atoms with Gasteiger partial charge < -0.3 is 34.3 Å². The molecule has 0 bridgehead atoms. The van der Waals surface area contributed by atoms with Gasteiger partial charge in [0.1, 0.15) is 42.5 Å². The Balaban J connectivity index is 2.41. The molecule has 1 aliphatic rings. The molecule has 0 unspecified atom stereocenters. The van der Waals surface area contributed by atoms with Gasteiger partial charge in [0.25, 0.3) is 0 Å². The summed E-state index contributed by atoms with van der Waals surface area (Å²) in [6, 6.07) is 2.59. The van der Waals surface area contributed by atoms with Crippen LogP contribution < -0.4 is 4.74 Å². The Labute approximate surface area is 162 Å². The van der Waals surface area contributed by atoms with Crippen molar-refractivity contribution in [2.45, 2.75) is 50.7 Å². The van der Waals surface area contributed by atoms with Crippen LogP contribution in [-0.4, -0.2) is 64.6 Å². The van der Waals surface area contributed by atoms with Gasteiger partial charge in [-0.3, -0.25) is 9.59 Å². The molecular weight excluding hydrogens is 405 g/mol. The number of aliphatic hydroxyl groups is 2. The number of halogens is 3. The number of ether oxygens (including phenoxy) is 4. The summed E-state index contributed by atoms with van der Waals surface area (Å²) < 4.78 is 57.2. The zero-order valence-corrected chi connectivity index (χ0v) is 15.3. The summed E-state index contributed by atoms with van der Waals surface area (Å²) >= 11 is 0. The number of phenolic OH excluding ortho intramolecular Hbond substituents is 1. The number of phenols is 1. The van der Waals surface area contributed by atoms with Crippen molar-refractivity contribution >= 4 is 11.9 Å². The van der Waals surface area contributed by atoms with E-state index in [1.165, 1.54) is 0 Å². The lowest BCUT2D eigenvalue weighted by Crippen LogP contribution is -2.57. The van der Waals surface area contributed by atoms with E-state index in [0.29, 0.717) is 0 Å². The van der Waals surface area contributed by atoms with Gasteiger partial charge in [-0.1, -0.05) is 0 Å². The summed E-state index contributed by atoms with van der Waals surface area (Å²) in [6.45, 7) is 1.58. The van der Waals surface area contributed by atoms with Gasteiger partial charge in [-0.2, -0.15) is 0 Å². The molecule has 2 rings (SSSR count). The molecule has 9 nitrogen and oxygen atoms in total. The highest BCUT2D eigenvalue weighted by Crippen LogP contribution is 2.40. The molecule has 29 heavy (non-hydrogen) atoms. The van der Waals surface area contributed by atoms with Gasteiger partial charge in [-0.05, 0) is 18.2 Å². The smallest absolute Gasteiger partial charge is 0.508 e. The fourth-order valence-electron chi connectivity index (χ4n) is 2.84. The van der Waals surface area contributed by atoms with Crippen molar-refractivity contribution in [2.75, 3.05) is 6.61 Å². The van der Waals surface area contributed by atoms with Crippen LogP contribution in [-0.2, 0) is 23.8 Å². The first kappa shape index (κ1) is 22.7. The zero-order chi connectivity index (χ0) is 21.9. The molecule has 162 valence electrons. The van der Waals surface area contributed by atoms with Crippen LogP contribution in [0.15, 0.2) is 18.2 Å². The van der Waals surface area contributed by atoms with Gasteiger partial charge in [0.2, 0.25) is 0 Å². The van der Waals surface area contributed by atoms with Gasteiger partial charge in [-0.15, -0.1) is 13.2 Å². The standard InChI is InChI=1S/C17H19F3O9/c1-7(21)26-6-12-16(27-8(2)22)14(25)13(24)15(28-12)10-5-9(23)3-4-11(10)29-17(18,19)20/h3-5,12-16,23-25H,6H2,1-2H3/t12-,13+,14-,15-,16-/m1/s1. The van der Waals surface area contributed by atoms with E-state index in [2.05, 4.69) is 4.74 Å². The van der Waals surface area contributed by atoms with Crippen LogP contribution in [0.5, 0.6) is 11.5 Å². The summed E-state index contributed by atoms with van der Waals surface area (Å²) in [5.74, 6) is -2.82. The lowest BCUT2D eigenvalue weighted by Gasteiger charge is -2.42. The maximum Gasteiger partial charge on any atom is 0.573 e. The highest BCUT2D eigenvalue weighted by atomic mass is 19.4. The van der Waals surface area contributed by atoms with E-state index in [1.54, 1.807) is 0 Å². The first-order chi connectivity index (χ1) is 13.4. The molecule has 1 aliphatic heterocycles. The molecule has 0 aliphatic carbocycles. The lowest BCUT2D eigenvalue weighted by atomic mass is 9.90. The molecule has 1 fully saturated rings. The Morgan fingerprint density at radius 3 is 2.34 bits per heavy atom. The van der Waals surface area contributed by atoms with E-state index in [0.717, 1.165) is 32.0 Å². The summed E-state index contributed by atoms with van der Waals surface area (Å²) in [5.41, 5.74) is -0.428. The Morgan fingerprint density at radius 2 is 1.79 bits per heavy atom. The van der Waals surface area contributed by atoms with Crippen molar-refractivity contribution in [1.29, 1.82) is 0 Å². The predicted octanol–water partition coefficient (Wildman–Crippen LogP) is 0.947. The molecule has 1 saturated heterocycles. The van der Waals surface area contributed by atoms with Gasteiger partial charge in [0.05, 0.1) is 0 Å². The zero-order valence-electron chi connectivity index (χ0n) is 15.3. The number of aromatic hydroxyl groups is 1. The van der Waals surface area contributed by atoms with Crippen LogP contribution >= 0.6 is 0 Å². The SMILES string of the molecule is CC(=O)OC[C@H]1O[C@H](c2cc(O)ccc2OC(F)(F)F)[C@@H](O)[C@@H](O)[C@@H]1OC(C)=O. The quantitative estimate of drug-likeness (QED) is 0.591. The van der Waals surface area contributed by atoms with E-state index in [1.807, 2.05) is 0 Å². The molecule has 3 N–H and O–H groups in total. The van der Waals surface area contributed by atoms with Crippen molar-refractivity contribution in [3.63, 3.8) is 0 Å². The average Bonchev–Trinajstić information content (AvgIpc) is 2.58. The third-order valence-corrected chi connectivity index (χ3v) is 3.96. The summed E-state index contributed by atoms with van der Waals surface area (Å²) in [4.78, 5) is 22.4. The van der Waals surface area contributed by atoms with Crippen LogP contribution in [0, 0.1) is 0 Å². The number of benzene rings is 1. The van der Waals surface area contributed by atoms with Crippen LogP contribution in [0.4, 0.5) is 13.2 Å². The minimum absolute atomic E-state index is 0.428. The molecule has 12 heteroatoms. The van der Waals surface area contributed by atoms with E-state index in [4.69, 9.17) is 14.2 Å². The molecule has 0 saturated carbocycles. The van der Waals surface area contributed by atoms with Gasteiger partial charge in [0, 0.05) is 19.4 Å². The number of aliphatic hydroxyl groups excluding tert-OH is 2. The Kier molecular flexibility index (Phi) is 6.93. The van der Waals surface area contributed by atoms with E-state index in [-0.39, 0.29) is 0 Å². The average molecular weight is 424 g/mol. The lowest BCUT2D eigenvalue weighted by molar-refractivity contribution is -0.276. The fraction of sp³-hybridized carbons (Fsp3) is 0.529. The molecule has 5 atom stereocenters. The molecular formula is C17H19F3O9. The molecule has 0 spiro atoms. The van der Waals surface area contributed by atoms with E-state index < -0.39 is 72.5 Å². The second-order valence-electron chi connectivity index (χ2n) is 6.22. The van der Waals surface area contributed by atoms with Crippen molar-refractivity contribution in [3.8, 4) is 11.5 Å². The predicted molar refractivity (Wildman–Crippen MR) is 86.6 cm³/mol. The highest BCUT2D eigenvalue weighted by molar-refractivity contribution is 5.66. The van der Waals surface area contributed by atoms with Crippen LogP contribution in [0.25, 0.3) is 0 Å². The number of carbonyl (C=O) groups is 2. The minimum Gasteiger partial charge on any atom is -0.508 e. The molecule has 1 aromatic carbocycles. The first-order valence-electron chi connectivity index (χ1n) is 8.30. The van der Waals surface area contributed by atoms with Crippen molar-refractivity contribution in [3.05, 3.63) is 23.8 Å². The molecule has 0 amide bonds. The second-order valence-corrected chi connectivity index (χ2v) is 6.22. The summed E-state index contributed by atoms with van der Waals surface area (Å²) in [7, 11) is 0. The molecule has 1 aromatic rings. The Hall–Kier alpha value is -2.57. The normalized spacial score (nSPS) is 27.2. The van der Waals surface area contributed by atoms with Gasteiger partial charge in [-0.25, -0.2) is 0 Å². The number of carbonyl (C=O) groups excluding carboxylic acids is 2. The second kappa shape index (κ2) is 8.84. The number of alkyl halides is 3. The molecule has 1 heterocycles. The third kappa shape index (κ3) is 5.95. The van der Waals surface area contributed by atoms with Crippen LogP contribution in [0.3, 0.4) is 0 Å². The summed E-state index contributed by atoms with van der Waals surface area (Å²) in [6.07, 6.45) is -13.2. The minimum atomic E-state index is -5.08. The van der Waals surface area contributed by atoms with Crippen LogP contribution in [0.2, 0.25) is 0 Å². The number of hydrogen-bond donors (Lipinski definition) is 3.